The van der Waals surface area contributed by atoms with Crippen molar-refractivity contribution < 1.29 is 4.11 Å². The van der Waals surface area contributed by atoms with Crippen LogP contribution in [0.5, 0.6) is 0 Å². The second kappa shape index (κ2) is 3.18. The van der Waals surface area contributed by atoms with Gasteiger partial charge in [-0.2, -0.15) is 0 Å². The molecular formula is C4H4FSi6. The van der Waals surface area contributed by atoms with Crippen LogP contribution < -0.4 is 0 Å². The molecule has 1 aliphatic heterocycles. The Morgan fingerprint density at radius 3 is 1.64 bits per heavy atom. The maximum Gasteiger partial charge on any atom is 0.272 e. The Hall–Kier alpha value is 1.23. The minimum absolute atomic E-state index is 0.151. The molecule has 1 fully saturated rings. The first kappa shape index (κ1) is 10.3. The molecule has 11 heavy (non-hydrogen) atoms. The van der Waals surface area contributed by atoms with E-state index in [4.69, 9.17) is 0 Å². The molecule has 0 aromatic heterocycles. The van der Waals surface area contributed by atoms with Crippen molar-refractivity contribution in [1.29, 1.82) is 0 Å². The average molecular weight is 240 g/mol. The lowest BCUT2D eigenvalue weighted by molar-refractivity contribution is 0.822. The lowest BCUT2D eigenvalue weighted by Crippen LogP contribution is -2.42. The van der Waals surface area contributed by atoms with Gasteiger partial charge in [0.2, 0.25) is 0 Å². The summed E-state index contributed by atoms with van der Waals surface area (Å²) in [6.45, 7) is 0. The molecule has 0 aromatic rings. The fourth-order valence-corrected chi connectivity index (χ4v) is 10.9. The molecule has 51 valence electrons. The van der Waals surface area contributed by atoms with Crippen LogP contribution in [0.3, 0.4) is 0 Å². The van der Waals surface area contributed by atoms with Crippen molar-refractivity contribution in [2.45, 2.75) is 21.4 Å². The predicted octanol–water partition coefficient (Wildman–Crippen LogP) is -0.655. The van der Waals surface area contributed by atoms with Crippen LogP contribution in [0.15, 0.2) is 0 Å². The zero-order valence-corrected chi connectivity index (χ0v) is 11.8. The minimum Gasteiger partial charge on any atom is -0.320 e. The zero-order valence-electron chi connectivity index (χ0n) is 5.79. The number of hydrogen-bond acceptors (Lipinski definition) is 0. The van der Waals surface area contributed by atoms with Gasteiger partial charge in [0.25, 0.3) is 9.37 Å². The molecule has 0 amide bonds. The molecule has 1 aliphatic rings. The van der Waals surface area contributed by atoms with Gasteiger partial charge in [-0.3, -0.25) is 0 Å². The molecule has 0 aromatic carbocycles. The van der Waals surface area contributed by atoms with E-state index in [9.17, 15) is 4.11 Å². The van der Waals surface area contributed by atoms with Gasteiger partial charge in [-0.1, -0.05) is 21.4 Å². The first-order valence-electron chi connectivity index (χ1n) is 3.15. The monoisotopic (exact) mass is 239 g/mol. The van der Waals surface area contributed by atoms with Crippen molar-refractivity contribution in [1.82, 2.24) is 0 Å². The number of hydrogen-bond donors (Lipinski definition) is 0. The quantitative estimate of drug-likeness (QED) is 0.421. The first-order valence-corrected chi connectivity index (χ1v) is 8.52. The Morgan fingerprint density at radius 1 is 1.09 bits per heavy atom. The lowest BCUT2D eigenvalue weighted by atomic mass is 10.4. The Bertz CT molecular complexity index is 141. The molecule has 0 saturated carbocycles. The van der Waals surface area contributed by atoms with Crippen LogP contribution in [0, 0.1) is 0 Å². The second-order valence-corrected chi connectivity index (χ2v) is 13.9. The molecule has 0 spiro atoms. The largest absolute Gasteiger partial charge is 0.320 e. The summed E-state index contributed by atoms with van der Waals surface area (Å²) in [5, 5.41) is 0. The second-order valence-electron chi connectivity index (χ2n) is 2.78. The maximum atomic E-state index is 12.6. The predicted molar refractivity (Wildman–Crippen MR) is 50.3 cm³/mol. The van der Waals surface area contributed by atoms with Gasteiger partial charge in [0.05, 0.1) is 8.31 Å². The highest BCUT2D eigenvalue weighted by molar-refractivity contribution is 7.22. The summed E-state index contributed by atoms with van der Waals surface area (Å²) >= 11 is 0. The number of halogens is 1. The van der Waals surface area contributed by atoms with Crippen LogP contribution in [0.25, 0.3) is 0 Å². The SMILES string of the molecule is F[Si][Si]1C([Si])([Si])CCC1([Si])[Si]. The Morgan fingerprint density at radius 2 is 1.45 bits per heavy atom. The molecule has 1 heterocycles. The zero-order chi connectivity index (χ0) is 8.70. The van der Waals surface area contributed by atoms with Crippen molar-refractivity contribution in [3.05, 3.63) is 0 Å². The number of rotatable bonds is 1. The van der Waals surface area contributed by atoms with Crippen LogP contribution in [0.2, 0.25) is 8.57 Å². The maximum absolute atomic E-state index is 12.6. The van der Waals surface area contributed by atoms with Crippen molar-refractivity contribution >= 4 is 58.7 Å². The van der Waals surface area contributed by atoms with Gasteiger partial charge in [0.1, 0.15) is 0 Å². The van der Waals surface area contributed by atoms with Crippen molar-refractivity contribution in [3.8, 4) is 0 Å². The van der Waals surface area contributed by atoms with Gasteiger partial charge in [-0.15, -0.1) is 0 Å². The minimum atomic E-state index is -1.09. The molecule has 1 saturated heterocycles. The van der Waals surface area contributed by atoms with E-state index in [0.717, 1.165) is 12.8 Å². The van der Waals surface area contributed by atoms with Crippen LogP contribution in [-0.4, -0.2) is 58.7 Å². The van der Waals surface area contributed by atoms with Crippen molar-refractivity contribution in [2.24, 2.45) is 0 Å². The van der Waals surface area contributed by atoms with Crippen LogP contribution in [-0.2, 0) is 0 Å². The van der Waals surface area contributed by atoms with Gasteiger partial charge >= 0.3 is 0 Å². The topological polar surface area (TPSA) is 0 Å². The summed E-state index contributed by atoms with van der Waals surface area (Å²) in [5.74, 6) is 0. The third-order valence-corrected chi connectivity index (χ3v) is 14.3. The smallest absolute Gasteiger partial charge is 0.272 e. The van der Waals surface area contributed by atoms with E-state index in [0.29, 0.717) is 0 Å². The van der Waals surface area contributed by atoms with Gasteiger partial charge < -0.3 is 4.11 Å². The summed E-state index contributed by atoms with van der Waals surface area (Å²) in [4.78, 5) is 0. The van der Waals surface area contributed by atoms with E-state index in [2.05, 4.69) is 41.0 Å². The average Bonchev–Trinajstić information content (AvgIpc) is 2.03. The van der Waals surface area contributed by atoms with E-state index in [1.165, 1.54) is 0 Å². The summed E-state index contributed by atoms with van der Waals surface area (Å²) in [6, 6.07) is 0. The molecule has 0 aliphatic carbocycles. The fraction of sp³-hybridized carbons (Fsp3) is 1.00. The molecule has 15 radical (unpaired) electrons. The van der Waals surface area contributed by atoms with Gasteiger partial charge in [0.15, 0.2) is 0 Å². The van der Waals surface area contributed by atoms with E-state index < -0.39 is 17.7 Å². The highest BCUT2D eigenvalue weighted by atomic mass is 29.2. The standard InChI is InChI=1S/C4H4FSi6/c5-10-11-3(6,7)1-2-4(11,8)9/h1-2H2. The molecular weight excluding hydrogens is 236 g/mol. The third kappa shape index (κ3) is 1.94. The van der Waals surface area contributed by atoms with E-state index in [-0.39, 0.29) is 8.57 Å². The molecule has 1 rings (SSSR count). The Balaban J connectivity index is 2.80. The Labute approximate surface area is 84.2 Å². The molecule has 0 bridgehead atoms. The van der Waals surface area contributed by atoms with Crippen molar-refractivity contribution in [2.75, 3.05) is 0 Å². The van der Waals surface area contributed by atoms with E-state index in [1.54, 1.807) is 0 Å². The summed E-state index contributed by atoms with van der Waals surface area (Å²) < 4.78 is 12.3. The molecule has 0 nitrogen and oxygen atoms in total. The third-order valence-electron chi connectivity index (χ3n) is 1.82. The lowest BCUT2D eigenvalue weighted by Gasteiger charge is -2.29. The van der Waals surface area contributed by atoms with E-state index in [1.807, 2.05) is 0 Å². The van der Waals surface area contributed by atoms with Crippen molar-refractivity contribution in [3.63, 3.8) is 0 Å². The first-order chi connectivity index (χ1) is 4.90. The van der Waals surface area contributed by atoms with Crippen LogP contribution in [0.4, 0.5) is 4.11 Å². The molecule has 0 unspecified atom stereocenters. The highest BCUT2D eigenvalue weighted by Gasteiger charge is 2.49. The molecule has 7 heteroatoms. The van der Waals surface area contributed by atoms with Crippen LogP contribution in [0.1, 0.15) is 12.8 Å². The normalized spacial score (nSPS) is 29.2. The summed E-state index contributed by atoms with van der Waals surface area (Å²) in [7, 11) is 12.7. The van der Waals surface area contributed by atoms with Gasteiger partial charge in [-0.05, 0) is 0 Å². The Kier molecular flexibility index (Phi) is 2.98. The van der Waals surface area contributed by atoms with Crippen LogP contribution >= 0.6 is 0 Å². The van der Waals surface area contributed by atoms with E-state index >= 15 is 0 Å². The van der Waals surface area contributed by atoms with Gasteiger partial charge in [0, 0.05) is 41.0 Å². The molecule has 0 N–H and O–H groups in total. The van der Waals surface area contributed by atoms with Gasteiger partial charge in [-0.25, -0.2) is 0 Å². The molecule has 0 atom stereocenters. The highest BCUT2D eigenvalue weighted by Crippen LogP contribution is 2.49. The summed E-state index contributed by atoms with van der Waals surface area (Å²) in [5.41, 5.74) is 0. The fourth-order valence-electron chi connectivity index (χ4n) is 1.15. The summed E-state index contributed by atoms with van der Waals surface area (Å²) in [6.07, 6.45) is 1.91.